The first-order valence-electron chi connectivity index (χ1n) is 22.5. The molecule has 6 amide bonds. The number of ketones is 1. The highest BCUT2D eigenvalue weighted by atomic mass is 16.5. The molecule has 1 heterocycles. The summed E-state index contributed by atoms with van der Waals surface area (Å²) in [4.78, 5) is 192. The highest BCUT2D eigenvalue weighted by Gasteiger charge is 2.39. The molecule has 0 aromatic rings. The molecule has 1 aliphatic heterocycles. The van der Waals surface area contributed by atoms with Crippen LogP contribution < -0.4 is 53.2 Å². The average Bonchev–Trinajstić information content (AvgIpc) is 3.35. The number of rotatable bonds is 32. The molecule has 12 N–H and O–H groups in total. The summed E-state index contributed by atoms with van der Waals surface area (Å²) in [6.07, 6.45) is -6.66. The van der Waals surface area contributed by atoms with Gasteiger partial charge in [-0.05, 0) is 53.9 Å². The summed E-state index contributed by atoms with van der Waals surface area (Å²) < 4.78 is 4.70. The van der Waals surface area contributed by atoms with Crippen LogP contribution >= 0.6 is 0 Å². The van der Waals surface area contributed by atoms with Crippen LogP contribution in [0.1, 0.15) is 79.6 Å². The van der Waals surface area contributed by atoms with Gasteiger partial charge in [0.05, 0.1) is 43.4 Å². The van der Waals surface area contributed by atoms with E-state index in [1.54, 1.807) is 0 Å². The van der Waals surface area contributed by atoms with Gasteiger partial charge in [0.1, 0.15) is 43.5 Å². The third-order valence-electron chi connectivity index (χ3n) is 10.2. The van der Waals surface area contributed by atoms with E-state index in [-0.39, 0.29) is 12.8 Å². The molecule has 0 radical (unpaired) electrons. The zero-order chi connectivity index (χ0) is 54.7. The van der Waals surface area contributed by atoms with Crippen LogP contribution in [0.5, 0.6) is 0 Å². The Morgan fingerprint density at radius 2 is 1.19 bits per heavy atom. The number of carboxylic acid groups (broad SMARTS) is 2. The molecule has 29 heteroatoms. The summed E-state index contributed by atoms with van der Waals surface area (Å²) >= 11 is 0. The molecule has 0 saturated heterocycles. The van der Waals surface area contributed by atoms with E-state index in [1.807, 2.05) is 0 Å². The van der Waals surface area contributed by atoms with E-state index in [2.05, 4.69) is 53.2 Å². The number of hydrogen-bond donors (Lipinski definition) is 12. The summed E-state index contributed by atoms with van der Waals surface area (Å²) in [5.74, 6) is -11.4. The minimum atomic E-state index is -2.05. The number of ether oxygens (including phenoxy) is 1. The molecule has 0 spiro atoms. The van der Waals surface area contributed by atoms with Crippen LogP contribution in [-0.2, 0) is 76.7 Å². The summed E-state index contributed by atoms with van der Waals surface area (Å²) in [5, 5.41) is 42.9. The number of carbonyl (C=O) groups excluding carboxylic acids is 13. The Hall–Kier alpha value is -7.21. The standard InChI is InChI=1S/C43H65N11O18/c1-22(17-55)44-29(43(71)72-6)16-30(60)27(11-13-32(62)63)50-39(67)34(45-23(2)18-56)51-40(68)35(46-24(3)19-57)52-41(69)37(48-26(5)21-59)54-15-9-7-8-10-31(61)49-28(12-14-33(64)65)38(66)53-36(42(54)70)47-25(4)20-58/h7,9,17-29,34-37,44-48H,8,10-16H2,1-6H3,(H,49,61)(H,50,67)(H,51,68)(H,52,69)(H,53,66)(H,62,63)(H,64,65)/b9-7-/t22-,23-,24-,25-,26-,27-,28-,29-,34-,35+,36+,37-/m0/s1. The summed E-state index contributed by atoms with van der Waals surface area (Å²) in [6, 6.07) is -10.5. The number of nitrogens with zero attached hydrogens (tertiary/aromatic N) is 1. The van der Waals surface area contributed by atoms with E-state index in [9.17, 15) is 82.1 Å². The zero-order valence-electron chi connectivity index (χ0n) is 40.5. The fourth-order valence-corrected chi connectivity index (χ4v) is 6.43. The molecule has 12 atom stereocenters. The van der Waals surface area contributed by atoms with E-state index < -0.39 is 171 Å². The number of hydrogen-bond acceptors (Lipinski definition) is 21. The van der Waals surface area contributed by atoms with E-state index in [0.717, 1.165) is 12.0 Å². The van der Waals surface area contributed by atoms with Crippen molar-refractivity contribution in [3.8, 4) is 0 Å². The van der Waals surface area contributed by atoms with Crippen molar-refractivity contribution in [2.45, 2.75) is 153 Å². The lowest BCUT2D eigenvalue weighted by molar-refractivity contribution is -0.146. The number of nitrogens with one attached hydrogen (secondary N) is 10. The van der Waals surface area contributed by atoms with Gasteiger partial charge in [-0.3, -0.25) is 74.5 Å². The third kappa shape index (κ3) is 22.7. The Kier molecular flexibility index (Phi) is 28.5. The van der Waals surface area contributed by atoms with Gasteiger partial charge in [0.2, 0.25) is 11.8 Å². The highest BCUT2D eigenvalue weighted by Crippen LogP contribution is 2.10. The van der Waals surface area contributed by atoms with Crippen molar-refractivity contribution in [3.63, 3.8) is 0 Å². The van der Waals surface area contributed by atoms with Crippen LogP contribution in [0, 0.1) is 0 Å². The molecule has 0 aromatic heterocycles. The van der Waals surface area contributed by atoms with Gasteiger partial charge in [0, 0.05) is 32.2 Å². The van der Waals surface area contributed by atoms with Crippen molar-refractivity contribution < 1.29 is 86.9 Å². The lowest BCUT2D eigenvalue weighted by Gasteiger charge is -2.36. The molecule has 1 rings (SSSR count). The topological polar surface area (TPSA) is 429 Å². The molecule has 0 unspecified atom stereocenters. The normalized spacial score (nSPS) is 20.0. The van der Waals surface area contributed by atoms with Gasteiger partial charge in [0.15, 0.2) is 30.4 Å². The van der Waals surface area contributed by atoms with Crippen molar-refractivity contribution in [1.82, 2.24) is 58.1 Å². The first-order chi connectivity index (χ1) is 33.9. The van der Waals surface area contributed by atoms with Crippen LogP contribution in [-0.4, -0.2) is 192 Å². The number of carboxylic acids is 2. The lowest BCUT2D eigenvalue weighted by Crippen LogP contribution is -2.69. The van der Waals surface area contributed by atoms with Gasteiger partial charge in [-0.1, -0.05) is 12.2 Å². The summed E-state index contributed by atoms with van der Waals surface area (Å²) in [5.41, 5.74) is 0. The Morgan fingerprint density at radius 3 is 1.72 bits per heavy atom. The Morgan fingerprint density at radius 1 is 0.681 bits per heavy atom. The monoisotopic (exact) mass is 1020 g/mol. The second-order valence-corrected chi connectivity index (χ2v) is 16.5. The van der Waals surface area contributed by atoms with E-state index in [1.165, 1.54) is 46.8 Å². The molecule has 1 aliphatic rings. The van der Waals surface area contributed by atoms with Gasteiger partial charge in [-0.25, -0.2) is 0 Å². The second kappa shape index (κ2) is 32.6. The summed E-state index contributed by atoms with van der Waals surface area (Å²) in [7, 11) is 1.00. The third-order valence-corrected chi connectivity index (χ3v) is 10.2. The first kappa shape index (κ1) is 62.8. The van der Waals surface area contributed by atoms with Crippen LogP contribution in [0.15, 0.2) is 12.2 Å². The molecule has 0 saturated carbocycles. The van der Waals surface area contributed by atoms with Crippen LogP contribution in [0.2, 0.25) is 0 Å². The van der Waals surface area contributed by atoms with E-state index in [0.29, 0.717) is 31.4 Å². The van der Waals surface area contributed by atoms with Crippen molar-refractivity contribution in [2.75, 3.05) is 13.7 Å². The predicted molar refractivity (Wildman–Crippen MR) is 246 cm³/mol. The second-order valence-electron chi connectivity index (χ2n) is 16.5. The number of esters is 1. The minimum Gasteiger partial charge on any atom is -0.481 e. The largest absolute Gasteiger partial charge is 0.481 e. The van der Waals surface area contributed by atoms with Gasteiger partial charge in [0.25, 0.3) is 23.6 Å². The maximum atomic E-state index is 14.6. The number of aldehydes is 5. The van der Waals surface area contributed by atoms with Crippen molar-refractivity contribution in [3.05, 3.63) is 12.2 Å². The van der Waals surface area contributed by atoms with Crippen LogP contribution in [0.4, 0.5) is 0 Å². The van der Waals surface area contributed by atoms with Gasteiger partial charge < -0.3 is 70.4 Å². The van der Waals surface area contributed by atoms with Gasteiger partial charge in [-0.2, -0.15) is 0 Å². The fraction of sp³-hybridized carbons (Fsp3) is 0.605. The molecule has 400 valence electrons. The SMILES string of the molecule is COC(=O)[C@H](CC(=O)[C@H](CCC(=O)O)NC(=O)[C@H](NC(=O)[C@@H](NC(=O)[C@@H](N[C@@H](C)C=O)N1C/C=C\CCC(=O)N[C@@H](CCC(=O)O)C(=O)N[C@@H](N[C@@H](C)C=O)C1=O)N[C@@H](C)C=O)N[C@@H](C)C=O)N[C@@H](C)C=O. The zero-order valence-corrected chi connectivity index (χ0v) is 40.5. The Bertz CT molecular complexity index is 2010. The van der Waals surface area contributed by atoms with E-state index >= 15 is 0 Å². The quantitative estimate of drug-likeness (QED) is 0.0129. The molecule has 0 aliphatic carbocycles. The predicted octanol–water partition coefficient (Wildman–Crippen LogP) is -6.10. The Labute approximate surface area is 413 Å². The maximum absolute atomic E-state index is 14.6. The number of Topliss-reactive ketones (excluding diaryl/α,β-unsaturated/α-hetero) is 1. The van der Waals surface area contributed by atoms with E-state index in [4.69, 9.17) is 4.74 Å². The van der Waals surface area contributed by atoms with Gasteiger partial charge >= 0.3 is 17.9 Å². The lowest BCUT2D eigenvalue weighted by atomic mass is 9.99. The van der Waals surface area contributed by atoms with Crippen LogP contribution in [0.25, 0.3) is 0 Å². The maximum Gasteiger partial charge on any atom is 0.323 e. The molecule has 29 nitrogen and oxygen atoms in total. The number of amides is 6. The molecular formula is C43H65N11O18. The van der Waals surface area contributed by atoms with Crippen molar-refractivity contribution in [1.29, 1.82) is 0 Å². The molecule has 72 heavy (non-hydrogen) atoms. The smallest absolute Gasteiger partial charge is 0.323 e. The van der Waals surface area contributed by atoms with Crippen molar-refractivity contribution >= 4 is 90.6 Å². The number of allylic oxidation sites excluding steroid dienone is 1. The minimum absolute atomic E-state index is 0.00162. The number of methoxy groups -OCH3 is 1. The van der Waals surface area contributed by atoms with Crippen LogP contribution in [0.3, 0.4) is 0 Å². The number of carbonyl (C=O) groups is 15. The Balaban J connectivity index is 3.86. The average molecular weight is 1020 g/mol. The molecular weight excluding hydrogens is 959 g/mol. The fourth-order valence-electron chi connectivity index (χ4n) is 6.43. The number of aliphatic carboxylic acids is 2. The first-order valence-corrected chi connectivity index (χ1v) is 22.5. The molecule has 0 aromatic carbocycles. The van der Waals surface area contributed by atoms with Crippen molar-refractivity contribution in [2.24, 2.45) is 0 Å². The molecule has 0 fully saturated rings. The summed E-state index contributed by atoms with van der Waals surface area (Å²) in [6.45, 7) is 5.90. The molecule has 0 bridgehead atoms. The highest BCUT2D eigenvalue weighted by molar-refractivity contribution is 5.98. The van der Waals surface area contributed by atoms with Gasteiger partial charge in [-0.15, -0.1) is 0 Å².